The molecule has 0 spiro atoms. The summed E-state index contributed by atoms with van der Waals surface area (Å²) in [6.07, 6.45) is 3.38. The standard InChI is InChI=1S/C17H30N2O/c1-6-8-14(5)20-17-10-15(9-16(7-2)19-17)12-18-11-13(3)4/h9-10,13-14,18H,6-8,11-12H2,1-5H3. The number of nitrogens with one attached hydrogen (secondary N) is 1. The van der Waals surface area contributed by atoms with Crippen LogP contribution in [-0.2, 0) is 13.0 Å². The molecule has 0 amide bonds. The maximum Gasteiger partial charge on any atom is 0.214 e. The van der Waals surface area contributed by atoms with Gasteiger partial charge in [0.2, 0.25) is 5.88 Å². The van der Waals surface area contributed by atoms with Gasteiger partial charge in [-0.1, -0.05) is 34.1 Å². The van der Waals surface area contributed by atoms with E-state index in [-0.39, 0.29) is 6.10 Å². The Kier molecular flexibility index (Phi) is 7.60. The lowest BCUT2D eigenvalue weighted by molar-refractivity contribution is 0.201. The molecule has 114 valence electrons. The van der Waals surface area contributed by atoms with E-state index < -0.39 is 0 Å². The van der Waals surface area contributed by atoms with Crippen molar-refractivity contribution in [2.24, 2.45) is 5.92 Å². The minimum atomic E-state index is 0.232. The molecule has 1 rings (SSSR count). The molecule has 3 nitrogen and oxygen atoms in total. The van der Waals surface area contributed by atoms with Crippen LogP contribution in [-0.4, -0.2) is 17.6 Å². The molecule has 0 radical (unpaired) electrons. The average molecular weight is 278 g/mol. The predicted molar refractivity (Wildman–Crippen MR) is 85.2 cm³/mol. The van der Waals surface area contributed by atoms with Gasteiger partial charge in [0.15, 0.2) is 0 Å². The number of ether oxygens (including phenoxy) is 1. The highest BCUT2D eigenvalue weighted by molar-refractivity contribution is 5.25. The highest BCUT2D eigenvalue weighted by atomic mass is 16.5. The molecule has 1 aromatic rings. The van der Waals surface area contributed by atoms with Gasteiger partial charge in [0.25, 0.3) is 0 Å². The molecule has 0 aliphatic heterocycles. The molecule has 1 aromatic heterocycles. The maximum atomic E-state index is 5.93. The zero-order valence-electron chi connectivity index (χ0n) is 13.7. The molecule has 0 saturated heterocycles. The number of hydrogen-bond acceptors (Lipinski definition) is 3. The fourth-order valence-corrected chi connectivity index (χ4v) is 2.14. The van der Waals surface area contributed by atoms with E-state index >= 15 is 0 Å². The van der Waals surface area contributed by atoms with Crippen LogP contribution < -0.4 is 10.1 Å². The van der Waals surface area contributed by atoms with Gasteiger partial charge in [-0.15, -0.1) is 0 Å². The van der Waals surface area contributed by atoms with Crippen LogP contribution in [0.4, 0.5) is 0 Å². The molecule has 1 heterocycles. The molecule has 20 heavy (non-hydrogen) atoms. The fourth-order valence-electron chi connectivity index (χ4n) is 2.14. The normalized spacial score (nSPS) is 12.7. The van der Waals surface area contributed by atoms with Gasteiger partial charge >= 0.3 is 0 Å². The van der Waals surface area contributed by atoms with Crippen molar-refractivity contribution < 1.29 is 4.74 Å². The van der Waals surface area contributed by atoms with Crippen molar-refractivity contribution in [3.63, 3.8) is 0 Å². The first-order chi connectivity index (χ1) is 9.55. The first kappa shape index (κ1) is 17.0. The van der Waals surface area contributed by atoms with Crippen LogP contribution in [0.25, 0.3) is 0 Å². The summed E-state index contributed by atoms with van der Waals surface area (Å²) in [5.41, 5.74) is 2.36. The van der Waals surface area contributed by atoms with E-state index in [4.69, 9.17) is 4.74 Å². The molecule has 0 bridgehead atoms. The Labute approximate surface area is 124 Å². The third kappa shape index (κ3) is 6.38. The molecule has 1 unspecified atom stereocenters. The van der Waals surface area contributed by atoms with Crippen LogP contribution in [0.5, 0.6) is 5.88 Å². The third-order valence-electron chi connectivity index (χ3n) is 3.18. The summed E-state index contributed by atoms with van der Waals surface area (Å²) in [4.78, 5) is 4.57. The Hall–Kier alpha value is -1.09. The first-order valence-corrected chi connectivity index (χ1v) is 7.92. The second kappa shape index (κ2) is 8.96. The van der Waals surface area contributed by atoms with Gasteiger partial charge in [0, 0.05) is 18.3 Å². The minimum absolute atomic E-state index is 0.232. The third-order valence-corrected chi connectivity index (χ3v) is 3.18. The average Bonchev–Trinajstić information content (AvgIpc) is 2.38. The van der Waals surface area contributed by atoms with E-state index in [1.165, 1.54) is 5.56 Å². The van der Waals surface area contributed by atoms with Crippen LogP contribution in [0.1, 0.15) is 58.7 Å². The summed E-state index contributed by atoms with van der Waals surface area (Å²) in [5, 5.41) is 3.47. The van der Waals surface area contributed by atoms with Crippen LogP contribution in [0.15, 0.2) is 12.1 Å². The van der Waals surface area contributed by atoms with E-state index in [1.54, 1.807) is 0 Å². The van der Waals surface area contributed by atoms with Crippen molar-refractivity contribution in [2.45, 2.75) is 66.5 Å². The van der Waals surface area contributed by atoms with E-state index in [1.807, 2.05) is 0 Å². The number of rotatable bonds is 9. The van der Waals surface area contributed by atoms with E-state index in [9.17, 15) is 0 Å². The zero-order valence-corrected chi connectivity index (χ0v) is 13.7. The Morgan fingerprint density at radius 2 is 1.95 bits per heavy atom. The van der Waals surface area contributed by atoms with Crippen LogP contribution in [0, 0.1) is 5.92 Å². The topological polar surface area (TPSA) is 34.1 Å². The van der Waals surface area contributed by atoms with Gasteiger partial charge in [-0.2, -0.15) is 0 Å². The molecule has 0 aromatic carbocycles. The summed E-state index contributed by atoms with van der Waals surface area (Å²) < 4.78 is 5.93. The summed E-state index contributed by atoms with van der Waals surface area (Å²) in [6, 6.07) is 4.24. The molecule has 0 aliphatic carbocycles. The molecule has 0 saturated carbocycles. The van der Waals surface area contributed by atoms with Gasteiger partial charge in [-0.3, -0.25) is 0 Å². The Morgan fingerprint density at radius 1 is 1.20 bits per heavy atom. The number of pyridine rings is 1. The van der Waals surface area contributed by atoms with E-state index in [0.29, 0.717) is 5.92 Å². The Morgan fingerprint density at radius 3 is 2.55 bits per heavy atom. The van der Waals surface area contributed by atoms with Crippen molar-refractivity contribution in [3.8, 4) is 5.88 Å². The van der Waals surface area contributed by atoms with Crippen molar-refractivity contribution >= 4 is 0 Å². The summed E-state index contributed by atoms with van der Waals surface area (Å²) in [5.74, 6) is 1.44. The van der Waals surface area contributed by atoms with Crippen molar-refractivity contribution in [1.82, 2.24) is 10.3 Å². The lowest BCUT2D eigenvalue weighted by Crippen LogP contribution is -2.19. The van der Waals surface area contributed by atoms with E-state index in [0.717, 1.165) is 43.9 Å². The minimum Gasteiger partial charge on any atom is -0.475 e. The van der Waals surface area contributed by atoms with Crippen molar-refractivity contribution in [1.29, 1.82) is 0 Å². The fraction of sp³-hybridized carbons (Fsp3) is 0.706. The number of aromatic nitrogens is 1. The molecular weight excluding hydrogens is 248 g/mol. The van der Waals surface area contributed by atoms with Gasteiger partial charge in [0.05, 0.1) is 6.10 Å². The van der Waals surface area contributed by atoms with Crippen molar-refractivity contribution in [2.75, 3.05) is 6.54 Å². The van der Waals surface area contributed by atoms with Crippen LogP contribution in [0.2, 0.25) is 0 Å². The van der Waals surface area contributed by atoms with Crippen LogP contribution >= 0.6 is 0 Å². The second-order valence-corrected chi connectivity index (χ2v) is 5.90. The monoisotopic (exact) mass is 278 g/mol. The van der Waals surface area contributed by atoms with Crippen molar-refractivity contribution in [3.05, 3.63) is 23.4 Å². The Bertz CT molecular complexity index is 391. The lowest BCUT2D eigenvalue weighted by atomic mass is 10.1. The summed E-state index contributed by atoms with van der Waals surface area (Å²) in [6.45, 7) is 12.8. The number of nitrogens with zero attached hydrogens (tertiary/aromatic N) is 1. The Balaban J connectivity index is 2.69. The predicted octanol–water partition coefficient (Wildman–Crippen LogP) is 3.96. The summed E-state index contributed by atoms with van der Waals surface area (Å²) in [7, 11) is 0. The summed E-state index contributed by atoms with van der Waals surface area (Å²) >= 11 is 0. The van der Waals surface area contributed by atoms with Gasteiger partial charge in [-0.05, 0) is 43.9 Å². The quantitative estimate of drug-likeness (QED) is 0.742. The molecule has 0 aliphatic rings. The van der Waals surface area contributed by atoms with Crippen LogP contribution in [0.3, 0.4) is 0 Å². The maximum absolute atomic E-state index is 5.93. The molecule has 0 fully saturated rings. The highest BCUT2D eigenvalue weighted by Gasteiger charge is 2.07. The molecule has 1 N–H and O–H groups in total. The number of aryl methyl sites for hydroxylation is 1. The highest BCUT2D eigenvalue weighted by Crippen LogP contribution is 2.16. The molecule has 3 heteroatoms. The zero-order chi connectivity index (χ0) is 15.0. The van der Waals surface area contributed by atoms with E-state index in [2.05, 4.69) is 57.1 Å². The number of hydrogen-bond donors (Lipinski definition) is 1. The largest absolute Gasteiger partial charge is 0.475 e. The molecular formula is C17H30N2O. The lowest BCUT2D eigenvalue weighted by Gasteiger charge is -2.15. The smallest absolute Gasteiger partial charge is 0.214 e. The second-order valence-electron chi connectivity index (χ2n) is 5.90. The molecule has 1 atom stereocenters. The van der Waals surface area contributed by atoms with Gasteiger partial charge in [-0.25, -0.2) is 4.98 Å². The van der Waals surface area contributed by atoms with Gasteiger partial charge < -0.3 is 10.1 Å². The first-order valence-electron chi connectivity index (χ1n) is 7.92. The SMILES string of the molecule is CCCC(C)Oc1cc(CNCC(C)C)cc(CC)n1. The van der Waals surface area contributed by atoms with Gasteiger partial charge in [0.1, 0.15) is 0 Å².